The number of amides is 2. The third-order valence-electron chi connectivity index (χ3n) is 5.29. The Hall–Kier alpha value is -4.62. The number of ether oxygens (including phenoxy) is 2. The van der Waals surface area contributed by atoms with E-state index in [-0.39, 0.29) is 0 Å². The van der Waals surface area contributed by atoms with Gasteiger partial charge in [-0.25, -0.2) is 4.79 Å². The monoisotopic (exact) mass is 494 g/mol. The van der Waals surface area contributed by atoms with E-state index in [1.165, 1.54) is 5.01 Å². The minimum atomic E-state index is -0.398. The van der Waals surface area contributed by atoms with Gasteiger partial charge in [-0.1, -0.05) is 48.5 Å². The molecule has 0 heterocycles. The molecule has 0 aliphatic carbocycles. The third kappa shape index (κ3) is 7.95. The highest BCUT2D eigenvalue weighted by Gasteiger charge is 2.16. The molecule has 0 radical (unpaired) electrons. The van der Waals surface area contributed by atoms with Crippen LogP contribution in [-0.4, -0.2) is 44.4 Å². The van der Waals surface area contributed by atoms with Crippen LogP contribution in [0.4, 0.5) is 16.2 Å². The molecule has 7 nitrogen and oxygen atoms in total. The van der Waals surface area contributed by atoms with E-state index in [2.05, 4.69) is 15.3 Å². The molecule has 0 bridgehead atoms. The number of hydrogen-bond donors (Lipinski definition) is 1. The number of hydrazone groups is 1. The van der Waals surface area contributed by atoms with Crippen molar-refractivity contribution in [3.63, 3.8) is 0 Å². The van der Waals surface area contributed by atoms with E-state index in [0.717, 1.165) is 23.6 Å². The second kappa shape index (κ2) is 12.9. The lowest BCUT2D eigenvalue weighted by Gasteiger charge is -2.19. The van der Waals surface area contributed by atoms with Crippen LogP contribution in [0.1, 0.15) is 5.56 Å². The quantitative estimate of drug-likeness (QED) is 0.202. The Balaban J connectivity index is 1.48. The van der Waals surface area contributed by atoms with Gasteiger partial charge < -0.3 is 19.7 Å². The van der Waals surface area contributed by atoms with E-state index in [4.69, 9.17) is 9.47 Å². The van der Waals surface area contributed by atoms with Gasteiger partial charge in [0.1, 0.15) is 23.9 Å². The highest BCUT2D eigenvalue weighted by molar-refractivity contribution is 6.02. The standard InChI is InChI=1S/C30H30N4O3/c1-33(2)21-22-36-27-17-13-25(14-18-27)32-30(35)34(31-23-24-9-5-3-6-10-24)26-15-19-29(20-16-26)37-28-11-7-4-8-12-28/h3-20,23H,21-22H2,1-2H3,(H,32,35)/b31-23+. The Morgan fingerprint density at radius 1 is 0.784 bits per heavy atom. The zero-order valence-electron chi connectivity index (χ0n) is 21.0. The average molecular weight is 495 g/mol. The van der Waals surface area contributed by atoms with Gasteiger partial charge in [0.25, 0.3) is 0 Å². The number of likely N-dealkylation sites (N-methyl/N-ethyl adjacent to an activating group) is 1. The van der Waals surface area contributed by atoms with Crippen molar-refractivity contribution in [2.75, 3.05) is 37.6 Å². The molecule has 0 aliphatic rings. The molecule has 4 rings (SSSR count). The predicted octanol–water partition coefficient (Wildman–Crippen LogP) is 6.49. The summed E-state index contributed by atoms with van der Waals surface area (Å²) in [5.74, 6) is 2.14. The second-order valence-electron chi connectivity index (χ2n) is 8.48. The van der Waals surface area contributed by atoms with Gasteiger partial charge in [0, 0.05) is 12.2 Å². The number of nitrogens with zero attached hydrogens (tertiary/aromatic N) is 3. The second-order valence-corrected chi connectivity index (χ2v) is 8.48. The molecule has 0 aliphatic heterocycles. The molecule has 0 unspecified atom stereocenters. The third-order valence-corrected chi connectivity index (χ3v) is 5.29. The van der Waals surface area contributed by atoms with Crippen LogP contribution < -0.4 is 19.8 Å². The molecule has 4 aromatic carbocycles. The van der Waals surface area contributed by atoms with Gasteiger partial charge in [0.2, 0.25) is 0 Å². The van der Waals surface area contributed by atoms with E-state index < -0.39 is 6.03 Å². The number of nitrogens with one attached hydrogen (secondary N) is 1. The lowest BCUT2D eigenvalue weighted by atomic mass is 10.2. The number of anilines is 2. The highest BCUT2D eigenvalue weighted by atomic mass is 16.5. The van der Waals surface area contributed by atoms with Crippen LogP contribution >= 0.6 is 0 Å². The van der Waals surface area contributed by atoms with Crippen LogP contribution in [0, 0.1) is 0 Å². The normalized spacial score (nSPS) is 10.9. The number of hydrogen-bond acceptors (Lipinski definition) is 5. The molecule has 0 saturated carbocycles. The fraction of sp³-hybridized carbons (Fsp3) is 0.133. The highest BCUT2D eigenvalue weighted by Crippen LogP contribution is 2.25. The van der Waals surface area contributed by atoms with E-state index >= 15 is 0 Å². The number of benzene rings is 4. The van der Waals surface area contributed by atoms with Gasteiger partial charge in [-0.2, -0.15) is 10.1 Å². The summed E-state index contributed by atoms with van der Waals surface area (Å²) < 4.78 is 11.6. The maximum atomic E-state index is 13.3. The summed E-state index contributed by atoms with van der Waals surface area (Å²) >= 11 is 0. The Morgan fingerprint density at radius 3 is 2.03 bits per heavy atom. The summed E-state index contributed by atoms with van der Waals surface area (Å²) in [4.78, 5) is 15.3. The molecule has 0 aromatic heterocycles. The van der Waals surface area contributed by atoms with Crippen molar-refractivity contribution in [2.24, 2.45) is 5.10 Å². The fourth-order valence-corrected chi connectivity index (χ4v) is 3.34. The van der Waals surface area contributed by atoms with Gasteiger partial charge in [-0.15, -0.1) is 0 Å². The molecular formula is C30H30N4O3. The maximum absolute atomic E-state index is 13.3. The molecule has 188 valence electrons. The summed E-state index contributed by atoms with van der Waals surface area (Å²) in [5, 5.41) is 8.71. The lowest BCUT2D eigenvalue weighted by molar-refractivity contribution is 0.257. The van der Waals surface area contributed by atoms with Gasteiger partial charge in [-0.3, -0.25) is 0 Å². The van der Waals surface area contributed by atoms with E-state index in [1.807, 2.05) is 86.9 Å². The molecule has 0 saturated heterocycles. The van der Waals surface area contributed by atoms with Gasteiger partial charge >= 0.3 is 6.03 Å². The number of para-hydroxylation sites is 1. The van der Waals surface area contributed by atoms with Crippen molar-refractivity contribution in [3.05, 3.63) is 115 Å². The molecule has 4 aromatic rings. The first kappa shape index (κ1) is 25.5. The van der Waals surface area contributed by atoms with Crippen molar-refractivity contribution in [1.82, 2.24) is 4.90 Å². The van der Waals surface area contributed by atoms with Crippen LogP contribution in [-0.2, 0) is 0 Å². The molecular weight excluding hydrogens is 464 g/mol. The maximum Gasteiger partial charge on any atom is 0.347 e. The van der Waals surface area contributed by atoms with Crippen LogP contribution in [0.5, 0.6) is 17.2 Å². The first-order chi connectivity index (χ1) is 18.1. The smallest absolute Gasteiger partial charge is 0.347 e. The number of urea groups is 1. The fourth-order valence-electron chi connectivity index (χ4n) is 3.34. The summed E-state index contributed by atoms with van der Waals surface area (Å²) in [6.07, 6.45) is 1.65. The summed E-state index contributed by atoms with van der Waals surface area (Å²) in [6, 6.07) is 33.2. The van der Waals surface area contributed by atoms with Crippen molar-refractivity contribution in [3.8, 4) is 17.2 Å². The largest absolute Gasteiger partial charge is 0.492 e. The van der Waals surface area contributed by atoms with Crippen molar-refractivity contribution in [1.29, 1.82) is 0 Å². The van der Waals surface area contributed by atoms with E-state index in [0.29, 0.717) is 23.7 Å². The first-order valence-electron chi connectivity index (χ1n) is 12.0. The number of carbonyl (C=O) groups excluding carboxylic acids is 1. The van der Waals surface area contributed by atoms with Crippen LogP contribution in [0.3, 0.4) is 0 Å². The van der Waals surface area contributed by atoms with Gasteiger partial charge in [-0.05, 0) is 80.3 Å². The topological polar surface area (TPSA) is 66.4 Å². The summed E-state index contributed by atoms with van der Waals surface area (Å²) in [5.41, 5.74) is 2.10. The zero-order valence-corrected chi connectivity index (χ0v) is 21.0. The van der Waals surface area contributed by atoms with Gasteiger partial charge in [0.05, 0.1) is 11.9 Å². The predicted molar refractivity (Wildman–Crippen MR) is 149 cm³/mol. The van der Waals surface area contributed by atoms with Gasteiger partial charge in [0.15, 0.2) is 0 Å². The molecule has 0 fully saturated rings. The van der Waals surface area contributed by atoms with Crippen molar-refractivity contribution in [2.45, 2.75) is 0 Å². The summed E-state index contributed by atoms with van der Waals surface area (Å²) in [6.45, 7) is 1.41. The summed E-state index contributed by atoms with van der Waals surface area (Å²) in [7, 11) is 4.00. The molecule has 2 amide bonds. The van der Waals surface area contributed by atoms with Crippen LogP contribution in [0.2, 0.25) is 0 Å². The Bertz CT molecular complexity index is 1280. The number of carbonyl (C=O) groups is 1. The molecule has 1 N–H and O–H groups in total. The Morgan fingerprint density at radius 2 is 1.38 bits per heavy atom. The Labute approximate surface area is 217 Å². The lowest BCUT2D eigenvalue weighted by Crippen LogP contribution is -2.30. The minimum Gasteiger partial charge on any atom is -0.492 e. The molecule has 7 heteroatoms. The van der Waals surface area contributed by atoms with E-state index in [1.54, 1.807) is 42.6 Å². The molecule has 0 spiro atoms. The molecule has 37 heavy (non-hydrogen) atoms. The minimum absolute atomic E-state index is 0.398. The Kier molecular flexibility index (Phi) is 8.88. The van der Waals surface area contributed by atoms with Crippen LogP contribution in [0.15, 0.2) is 114 Å². The van der Waals surface area contributed by atoms with E-state index in [9.17, 15) is 4.79 Å². The zero-order chi connectivity index (χ0) is 25.9. The average Bonchev–Trinajstić information content (AvgIpc) is 2.92. The SMILES string of the molecule is CN(C)CCOc1ccc(NC(=O)N(/N=C/c2ccccc2)c2ccc(Oc3ccccc3)cc2)cc1. The van der Waals surface area contributed by atoms with Crippen molar-refractivity contribution < 1.29 is 14.3 Å². The van der Waals surface area contributed by atoms with Crippen molar-refractivity contribution >= 4 is 23.6 Å². The number of rotatable bonds is 10. The first-order valence-corrected chi connectivity index (χ1v) is 12.0. The van der Waals surface area contributed by atoms with Crippen LogP contribution in [0.25, 0.3) is 0 Å². The molecule has 0 atom stereocenters.